The first-order valence-corrected chi connectivity index (χ1v) is 8.28. The zero-order chi connectivity index (χ0) is 16.7. The largest absolute Gasteiger partial charge is 0.493 e. The molecule has 0 spiro atoms. The normalized spacial score (nSPS) is 18.3. The molecule has 23 heavy (non-hydrogen) atoms. The Morgan fingerprint density at radius 3 is 2.74 bits per heavy atom. The molecule has 5 heteroatoms. The first kappa shape index (κ1) is 17.6. The smallest absolute Gasteiger partial charge is 0.222 e. The van der Waals surface area contributed by atoms with E-state index < -0.39 is 0 Å². The van der Waals surface area contributed by atoms with E-state index >= 15 is 0 Å². The Kier molecular flexibility index (Phi) is 6.71. The van der Waals surface area contributed by atoms with Crippen LogP contribution in [0.1, 0.15) is 19.3 Å². The summed E-state index contributed by atoms with van der Waals surface area (Å²) in [5, 5.41) is 0. The number of nitrogens with zero attached hydrogens (tertiary/aromatic N) is 2. The second-order valence-corrected chi connectivity index (χ2v) is 6.29. The molecule has 0 saturated carbocycles. The van der Waals surface area contributed by atoms with E-state index in [2.05, 4.69) is 11.9 Å². The van der Waals surface area contributed by atoms with E-state index in [4.69, 9.17) is 9.47 Å². The summed E-state index contributed by atoms with van der Waals surface area (Å²) in [5.41, 5.74) is 0. The Labute approximate surface area is 139 Å². The summed E-state index contributed by atoms with van der Waals surface area (Å²) in [4.78, 5) is 15.7. The van der Waals surface area contributed by atoms with Gasteiger partial charge < -0.3 is 19.3 Å². The highest BCUT2D eigenvalue weighted by molar-refractivity contribution is 5.76. The number of amides is 1. The van der Waals surface area contributed by atoms with Crippen molar-refractivity contribution in [3.8, 4) is 11.5 Å². The van der Waals surface area contributed by atoms with Crippen molar-refractivity contribution in [2.24, 2.45) is 5.92 Å². The minimum atomic E-state index is 0.272. The average Bonchev–Trinajstić information content (AvgIpc) is 2.55. The molecule has 1 amide bonds. The van der Waals surface area contributed by atoms with Crippen LogP contribution in [-0.2, 0) is 4.79 Å². The Balaban J connectivity index is 1.65. The van der Waals surface area contributed by atoms with Gasteiger partial charge in [0.15, 0.2) is 11.5 Å². The van der Waals surface area contributed by atoms with Crippen LogP contribution in [0.2, 0.25) is 0 Å². The van der Waals surface area contributed by atoms with Crippen LogP contribution >= 0.6 is 0 Å². The lowest BCUT2D eigenvalue weighted by Crippen LogP contribution is -2.41. The highest BCUT2D eigenvalue weighted by Crippen LogP contribution is 2.25. The molecule has 1 heterocycles. The molecule has 0 aromatic heterocycles. The van der Waals surface area contributed by atoms with E-state index in [0.29, 0.717) is 18.9 Å². The fourth-order valence-corrected chi connectivity index (χ4v) is 3.03. The van der Waals surface area contributed by atoms with Crippen molar-refractivity contribution in [2.75, 3.05) is 47.4 Å². The van der Waals surface area contributed by atoms with Gasteiger partial charge in [-0.3, -0.25) is 4.79 Å². The molecule has 1 aliphatic rings. The molecule has 1 saturated heterocycles. The molecule has 1 unspecified atom stereocenters. The van der Waals surface area contributed by atoms with Gasteiger partial charge in [-0.05, 0) is 37.9 Å². The zero-order valence-corrected chi connectivity index (χ0v) is 14.5. The van der Waals surface area contributed by atoms with Crippen LogP contribution in [0, 0.1) is 5.92 Å². The highest BCUT2D eigenvalue weighted by Gasteiger charge is 2.23. The van der Waals surface area contributed by atoms with Crippen LogP contribution in [-0.4, -0.2) is 63.2 Å². The van der Waals surface area contributed by atoms with Crippen molar-refractivity contribution in [3.63, 3.8) is 0 Å². The van der Waals surface area contributed by atoms with Crippen molar-refractivity contribution in [2.45, 2.75) is 19.3 Å². The maximum absolute atomic E-state index is 11.5. The third kappa shape index (κ3) is 5.43. The number of para-hydroxylation sites is 2. The Morgan fingerprint density at radius 2 is 2.04 bits per heavy atom. The summed E-state index contributed by atoms with van der Waals surface area (Å²) in [7, 11) is 5.69. The third-order valence-corrected chi connectivity index (χ3v) is 4.30. The van der Waals surface area contributed by atoms with E-state index in [-0.39, 0.29) is 5.91 Å². The molecule has 0 N–H and O–H groups in total. The first-order chi connectivity index (χ1) is 11.1. The SMILES string of the molecule is COc1ccccc1OCCCN(C)CC1CCC(=O)N(C)C1. The van der Waals surface area contributed by atoms with E-state index in [1.54, 1.807) is 7.11 Å². The van der Waals surface area contributed by atoms with Crippen LogP contribution in [0.15, 0.2) is 24.3 Å². The summed E-state index contributed by atoms with van der Waals surface area (Å²) in [5.74, 6) is 2.42. The number of piperidine rings is 1. The summed E-state index contributed by atoms with van der Waals surface area (Å²) >= 11 is 0. The Morgan fingerprint density at radius 1 is 1.30 bits per heavy atom. The van der Waals surface area contributed by atoms with Crippen LogP contribution in [0.25, 0.3) is 0 Å². The molecule has 2 rings (SSSR count). The predicted molar refractivity (Wildman–Crippen MR) is 91.0 cm³/mol. The van der Waals surface area contributed by atoms with Gasteiger partial charge >= 0.3 is 0 Å². The fourth-order valence-electron chi connectivity index (χ4n) is 3.03. The lowest BCUT2D eigenvalue weighted by atomic mass is 9.97. The average molecular weight is 320 g/mol. The summed E-state index contributed by atoms with van der Waals surface area (Å²) in [6.45, 7) is 3.57. The second-order valence-electron chi connectivity index (χ2n) is 6.29. The number of benzene rings is 1. The number of methoxy groups -OCH3 is 1. The van der Waals surface area contributed by atoms with Gasteiger partial charge in [-0.1, -0.05) is 12.1 Å². The number of carbonyl (C=O) groups is 1. The van der Waals surface area contributed by atoms with Gasteiger partial charge in [0.25, 0.3) is 0 Å². The number of hydrogen-bond acceptors (Lipinski definition) is 4. The number of carbonyl (C=O) groups excluding carboxylic acids is 1. The molecule has 0 radical (unpaired) electrons. The third-order valence-electron chi connectivity index (χ3n) is 4.30. The molecule has 0 aliphatic carbocycles. The van der Waals surface area contributed by atoms with Crippen molar-refractivity contribution in [1.82, 2.24) is 9.80 Å². The molecule has 1 fully saturated rings. The molecule has 1 aliphatic heterocycles. The van der Waals surface area contributed by atoms with Crippen molar-refractivity contribution in [3.05, 3.63) is 24.3 Å². The number of hydrogen-bond donors (Lipinski definition) is 0. The predicted octanol–water partition coefficient (Wildman–Crippen LogP) is 2.26. The summed E-state index contributed by atoms with van der Waals surface area (Å²) in [6, 6.07) is 7.72. The van der Waals surface area contributed by atoms with E-state index in [1.807, 2.05) is 36.2 Å². The summed E-state index contributed by atoms with van der Waals surface area (Å²) in [6.07, 6.45) is 2.66. The van der Waals surface area contributed by atoms with Crippen LogP contribution in [0.4, 0.5) is 0 Å². The molecule has 128 valence electrons. The molecular formula is C18H28N2O3. The van der Waals surface area contributed by atoms with Crippen LogP contribution < -0.4 is 9.47 Å². The van der Waals surface area contributed by atoms with Gasteiger partial charge in [-0.15, -0.1) is 0 Å². The van der Waals surface area contributed by atoms with Crippen LogP contribution in [0.3, 0.4) is 0 Å². The fraction of sp³-hybridized carbons (Fsp3) is 0.611. The first-order valence-electron chi connectivity index (χ1n) is 8.28. The van der Waals surface area contributed by atoms with E-state index in [0.717, 1.165) is 44.0 Å². The topological polar surface area (TPSA) is 42.0 Å². The number of likely N-dealkylation sites (tertiary alicyclic amines) is 1. The van der Waals surface area contributed by atoms with E-state index in [9.17, 15) is 4.79 Å². The molecule has 0 bridgehead atoms. The lowest BCUT2D eigenvalue weighted by Gasteiger charge is -2.32. The van der Waals surface area contributed by atoms with Gasteiger partial charge in [0, 0.05) is 33.1 Å². The second kappa shape index (κ2) is 8.77. The zero-order valence-electron chi connectivity index (χ0n) is 14.5. The lowest BCUT2D eigenvalue weighted by molar-refractivity contribution is -0.133. The molecule has 5 nitrogen and oxygen atoms in total. The monoisotopic (exact) mass is 320 g/mol. The van der Waals surface area contributed by atoms with Gasteiger partial charge in [-0.2, -0.15) is 0 Å². The summed E-state index contributed by atoms with van der Waals surface area (Å²) < 4.78 is 11.1. The van der Waals surface area contributed by atoms with Crippen molar-refractivity contribution < 1.29 is 14.3 Å². The molecule has 1 aromatic carbocycles. The van der Waals surface area contributed by atoms with E-state index in [1.165, 1.54) is 0 Å². The molecule has 1 atom stereocenters. The minimum Gasteiger partial charge on any atom is -0.493 e. The maximum atomic E-state index is 11.5. The van der Waals surface area contributed by atoms with Crippen molar-refractivity contribution in [1.29, 1.82) is 0 Å². The van der Waals surface area contributed by atoms with Crippen molar-refractivity contribution >= 4 is 5.91 Å². The minimum absolute atomic E-state index is 0.272. The Bertz CT molecular complexity index is 507. The number of ether oxygens (including phenoxy) is 2. The highest BCUT2D eigenvalue weighted by atomic mass is 16.5. The van der Waals surface area contributed by atoms with Gasteiger partial charge in [-0.25, -0.2) is 0 Å². The molecule has 1 aromatic rings. The van der Waals surface area contributed by atoms with Gasteiger partial charge in [0.05, 0.1) is 13.7 Å². The van der Waals surface area contributed by atoms with Crippen LogP contribution in [0.5, 0.6) is 11.5 Å². The Hall–Kier alpha value is -1.75. The van der Waals surface area contributed by atoms with Gasteiger partial charge in [0.1, 0.15) is 0 Å². The maximum Gasteiger partial charge on any atom is 0.222 e. The number of rotatable bonds is 8. The molecular weight excluding hydrogens is 292 g/mol. The van der Waals surface area contributed by atoms with Gasteiger partial charge in [0.2, 0.25) is 5.91 Å². The standard InChI is InChI=1S/C18H28N2O3/c1-19(13-15-9-10-18(21)20(2)14-15)11-6-12-23-17-8-5-4-7-16(17)22-3/h4-5,7-8,15H,6,9-14H2,1-3H3. The quantitative estimate of drug-likeness (QED) is 0.689.